The van der Waals surface area contributed by atoms with E-state index in [1.807, 2.05) is 13.0 Å². The number of aryl methyl sites for hydroxylation is 2. The molecule has 5 nitrogen and oxygen atoms in total. The number of nitrogen functional groups attached to an aromatic ring is 1. The third kappa shape index (κ3) is 3.15. The lowest BCUT2D eigenvalue weighted by Crippen LogP contribution is -2.14. The molecule has 2 rings (SSSR count). The first-order valence-corrected chi connectivity index (χ1v) is 7.71. The van der Waals surface area contributed by atoms with Gasteiger partial charge in [0.2, 0.25) is 0 Å². The van der Waals surface area contributed by atoms with E-state index in [4.69, 9.17) is 11.0 Å². The fourth-order valence-corrected chi connectivity index (χ4v) is 3.08. The second-order valence-electron chi connectivity index (χ2n) is 4.78. The minimum atomic E-state index is -3.74. The van der Waals surface area contributed by atoms with Gasteiger partial charge in [-0.3, -0.25) is 4.72 Å². The van der Waals surface area contributed by atoms with Crippen molar-refractivity contribution >= 4 is 21.4 Å². The summed E-state index contributed by atoms with van der Waals surface area (Å²) in [6.45, 7) is 3.57. The number of nitrogens with one attached hydrogen (secondary N) is 1. The Labute approximate surface area is 124 Å². The number of rotatable bonds is 3. The molecule has 6 heteroatoms. The predicted molar refractivity (Wildman–Crippen MR) is 82.3 cm³/mol. The highest BCUT2D eigenvalue weighted by atomic mass is 32.2. The molecule has 2 aromatic rings. The van der Waals surface area contributed by atoms with Crippen LogP contribution < -0.4 is 10.5 Å². The molecule has 3 N–H and O–H groups in total. The molecule has 0 atom stereocenters. The number of nitrogens with zero attached hydrogens (tertiary/aromatic N) is 1. The number of anilines is 2. The summed E-state index contributed by atoms with van der Waals surface area (Å²) in [6.07, 6.45) is 0. The summed E-state index contributed by atoms with van der Waals surface area (Å²) in [7, 11) is -3.74. The van der Waals surface area contributed by atoms with E-state index in [0.29, 0.717) is 22.5 Å². The molecule has 0 amide bonds. The summed E-state index contributed by atoms with van der Waals surface area (Å²) in [6, 6.07) is 11.5. The van der Waals surface area contributed by atoms with Crippen LogP contribution in [0.3, 0.4) is 0 Å². The molecule has 0 aromatic heterocycles. The second-order valence-corrected chi connectivity index (χ2v) is 6.47. The Hall–Kier alpha value is -2.52. The van der Waals surface area contributed by atoms with Gasteiger partial charge in [-0.05, 0) is 55.3 Å². The van der Waals surface area contributed by atoms with Gasteiger partial charge in [0.05, 0.1) is 27.9 Å². The molecule has 0 spiro atoms. The van der Waals surface area contributed by atoms with E-state index in [1.54, 1.807) is 25.1 Å². The first-order chi connectivity index (χ1) is 9.83. The van der Waals surface area contributed by atoms with Crippen molar-refractivity contribution in [2.75, 3.05) is 10.5 Å². The van der Waals surface area contributed by atoms with E-state index in [1.165, 1.54) is 18.2 Å². The Bertz CT molecular complexity index is 836. The number of benzene rings is 2. The van der Waals surface area contributed by atoms with E-state index in [-0.39, 0.29) is 4.90 Å². The molecule has 0 unspecified atom stereocenters. The van der Waals surface area contributed by atoms with Crippen LogP contribution in [0.5, 0.6) is 0 Å². The topological polar surface area (TPSA) is 96.0 Å². The van der Waals surface area contributed by atoms with E-state index in [0.717, 1.165) is 5.56 Å². The zero-order valence-electron chi connectivity index (χ0n) is 11.7. The van der Waals surface area contributed by atoms with Crippen LogP contribution in [0.1, 0.15) is 16.7 Å². The molecule has 0 heterocycles. The predicted octanol–water partition coefficient (Wildman–Crippen LogP) is 2.56. The summed E-state index contributed by atoms with van der Waals surface area (Å²) >= 11 is 0. The standard InChI is InChI=1S/C15H15N3O2S/c1-10-3-6-15(14(17)7-10)18-21(19,20)13-5-4-12(9-16)11(2)8-13/h3-8,18H,17H2,1-2H3. The van der Waals surface area contributed by atoms with Gasteiger partial charge in [0.1, 0.15) is 0 Å². The monoisotopic (exact) mass is 301 g/mol. The average molecular weight is 301 g/mol. The third-order valence-corrected chi connectivity index (χ3v) is 4.44. The smallest absolute Gasteiger partial charge is 0.261 e. The lowest BCUT2D eigenvalue weighted by molar-refractivity contribution is 0.601. The maximum absolute atomic E-state index is 12.3. The minimum absolute atomic E-state index is 0.0963. The van der Waals surface area contributed by atoms with Crippen molar-refractivity contribution in [2.24, 2.45) is 0 Å². The van der Waals surface area contributed by atoms with E-state index < -0.39 is 10.0 Å². The van der Waals surface area contributed by atoms with Crippen LogP contribution in [0.15, 0.2) is 41.3 Å². The van der Waals surface area contributed by atoms with Crippen molar-refractivity contribution in [3.63, 3.8) is 0 Å². The molecular weight excluding hydrogens is 286 g/mol. The third-order valence-electron chi connectivity index (χ3n) is 3.08. The molecule has 2 aromatic carbocycles. The number of nitriles is 1. The van der Waals surface area contributed by atoms with E-state index in [9.17, 15) is 8.42 Å². The highest BCUT2D eigenvalue weighted by Crippen LogP contribution is 2.24. The molecule has 108 valence electrons. The molecule has 0 fully saturated rings. The van der Waals surface area contributed by atoms with Gasteiger partial charge in [-0.1, -0.05) is 6.07 Å². The molecule has 21 heavy (non-hydrogen) atoms. The van der Waals surface area contributed by atoms with Crippen LogP contribution in [0.4, 0.5) is 11.4 Å². The molecule has 0 saturated heterocycles. The zero-order chi connectivity index (χ0) is 15.6. The number of sulfonamides is 1. The van der Waals surface area contributed by atoms with Crippen molar-refractivity contribution in [3.05, 3.63) is 53.1 Å². The second kappa shape index (κ2) is 5.46. The SMILES string of the molecule is Cc1ccc(NS(=O)(=O)c2ccc(C#N)c(C)c2)c(N)c1. The van der Waals surface area contributed by atoms with Gasteiger partial charge in [0.25, 0.3) is 10.0 Å². The van der Waals surface area contributed by atoms with Crippen LogP contribution in [-0.4, -0.2) is 8.42 Å². The van der Waals surface area contributed by atoms with Crippen LogP contribution in [-0.2, 0) is 10.0 Å². The fraction of sp³-hybridized carbons (Fsp3) is 0.133. The van der Waals surface area contributed by atoms with Crippen LogP contribution in [0.2, 0.25) is 0 Å². The van der Waals surface area contributed by atoms with Crippen molar-refractivity contribution in [1.29, 1.82) is 5.26 Å². The van der Waals surface area contributed by atoms with Crippen molar-refractivity contribution in [3.8, 4) is 6.07 Å². The highest BCUT2D eigenvalue weighted by Gasteiger charge is 2.16. The molecule has 0 radical (unpaired) electrons. The van der Waals surface area contributed by atoms with Crippen molar-refractivity contribution in [1.82, 2.24) is 0 Å². The van der Waals surface area contributed by atoms with Crippen LogP contribution >= 0.6 is 0 Å². The number of nitrogens with two attached hydrogens (primary N) is 1. The van der Waals surface area contributed by atoms with Gasteiger partial charge in [-0.2, -0.15) is 5.26 Å². The van der Waals surface area contributed by atoms with E-state index in [2.05, 4.69) is 4.72 Å². The van der Waals surface area contributed by atoms with Gasteiger partial charge in [-0.15, -0.1) is 0 Å². The maximum atomic E-state index is 12.3. The lowest BCUT2D eigenvalue weighted by Gasteiger charge is -2.11. The Morgan fingerprint density at radius 3 is 2.43 bits per heavy atom. The van der Waals surface area contributed by atoms with Gasteiger partial charge >= 0.3 is 0 Å². The lowest BCUT2D eigenvalue weighted by atomic mass is 10.1. The van der Waals surface area contributed by atoms with Gasteiger partial charge in [0.15, 0.2) is 0 Å². The fourth-order valence-electron chi connectivity index (χ4n) is 1.91. The summed E-state index contributed by atoms with van der Waals surface area (Å²) in [4.78, 5) is 0.0963. The van der Waals surface area contributed by atoms with Crippen LogP contribution in [0, 0.1) is 25.2 Å². The molecule has 0 aliphatic rings. The Balaban J connectivity index is 2.39. The first kappa shape index (κ1) is 14.9. The molecular formula is C15H15N3O2S. The Kier molecular flexibility index (Phi) is 3.87. The summed E-state index contributed by atoms with van der Waals surface area (Å²) < 4.78 is 27.1. The Morgan fingerprint density at radius 2 is 1.86 bits per heavy atom. The summed E-state index contributed by atoms with van der Waals surface area (Å²) in [5.41, 5.74) is 8.52. The summed E-state index contributed by atoms with van der Waals surface area (Å²) in [5.74, 6) is 0. The van der Waals surface area contributed by atoms with Gasteiger partial charge in [-0.25, -0.2) is 8.42 Å². The van der Waals surface area contributed by atoms with Gasteiger partial charge < -0.3 is 5.73 Å². The molecule has 0 saturated carbocycles. The maximum Gasteiger partial charge on any atom is 0.261 e. The normalized spacial score (nSPS) is 10.9. The largest absolute Gasteiger partial charge is 0.397 e. The van der Waals surface area contributed by atoms with Crippen LogP contribution in [0.25, 0.3) is 0 Å². The minimum Gasteiger partial charge on any atom is -0.397 e. The van der Waals surface area contributed by atoms with E-state index >= 15 is 0 Å². The first-order valence-electron chi connectivity index (χ1n) is 6.23. The quantitative estimate of drug-likeness (QED) is 0.851. The van der Waals surface area contributed by atoms with Gasteiger partial charge in [0, 0.05) is 0 Å². The number of hydrogen-bond donors (Lipinski definition) is 2. The average Bonchev–Trinajstić information content (AvgIpc) is 2.42. The molecule has 0 bridgehead atoms. The zero-order valence-corrected chi connectivity index (χ0v) is 12.5. The van der Waals surface area contributed by atoms with Crippen molar-refractivity contribution in [2.45, 2.75) is 18.7 Å². The van der Waals surface area contributed by atoms with Crippen molar-refractivity contribution < 1.29 is 8.42 Å². The molecule has 0 aliphatic heterocycles. The summed E-state index contributed by atoms with van der Waals surface area (Å²) in [5, 5.41) is 8.88. The number of hydrogen-bond acceptors (Lipinski definition) is 4. The Morgan fingerprint density at radius 1 is 1.14 bits per heavy atom. The highest BCUT2D eigenvalue weighted by molar-refractivity contribution is 7.92. The molecule has 0 aliphatic carbocycles.